The first-order valence-electron chi connectivity index (χ1n) is 5.20. The number of nitrogens with zero attached hydrogens (tertiary/aromatic N) is 3. The van der Waals surface area contributed by atoms with Gasteiger partial charge in [-0.2, -0.15) is 9.40 Å². The Kier molecular flexibility index (Phi) is 3.75. The Morgan fingerprint density at radius 3 is 2.44 bits per heavy atom. The highest BCUT2D eigenvalue weighted by Gasteiger charge is 2.23. The van der Waals surface area contributed by atoms with E-state index < -0.39 is 15.3 Å². The summed E-state index contributed by atoms with van der Waals surface area (Å²) in [5.41, 5.74) is 1.79. The molecule has 1 aromatic heterocycles. The average Bonchev–Trinajstić information content (AvgIpc) is 2.44. The summed E-state index contributed by atoms with van der Waals surface area (Å²) in [6, 6.07) is 1.90. The molecule has 0 N–H and O–H groups in total. The molecule has 0 saturated heterocycles. The van der Waals surface area contributed by atoms with Crippen LogP contribution in [0.4, 0.5) is 0 Å². The fraction of sp³-hybridized carbons (Fsp3) is 0.700. The van der Waals surface area contributed by atoms with Crippen molar-refractivity contribution in [2.75, 3.05) is 7.05 Å². The van der Waals surface area contributed by atoms with Crippen molar-refractivity contribution in [2.45, 2.75) is 32.6 Å². The molecular weight excluding hydrogens is 226 g/mol. The van der Waals surface area contributed by atoms with Gasteiger partial charge in [0.05, 0.1) is 23.2 Å². The highest BCUT2D eigenvalue weighted by atomic mass is 32.2. The smallest absolute Gasteiger partial charge is 0.216 e. The maximum absolute atomic E-state index is 11.8. The highest BCUT2D eigenvalue weighted by molar-refractivity contribution is 7.89. The molecular formula is C10H19N3O2S. The van der Waals surface area contributed by atoms with E-state index in [0.29, 0.717) is 6.54 Å². The normalized spacial score (nSPS) is 12.7. The molecule has 0 bridgehead atoms. The van der Waals surface area contributed by atoms with E-state index in [4.69, 9.17) is 0 Å². The van der Waals surface area contributed by atoms with Crippen LogP contribution in [0.5, 0.6) is 0 Å². The standard InChI is InChI=1S/C10H19N3O2S/c1-8(2)16(14,15)12(4)7-10-6-9(3)11-13(10)5/h6,8H,7H2,1-5H3. The monoisotopic (exact) mass is 245 g/mol. The van der Waals surface area contributed by atoms with Crippen molar-refractivity contribution in [1.29, 1.82) is 0 Å². The van der Waals surface area contributed by atoms with Crippen molar-refractivity contribution in [3.8, 4) is 0 Å². The zero-order valence-electron chi connectivity index (χ0n) is 10.4. The molecule has 1 rings (SSSR count). The third-order valence-corrected chi connectivity index (χ3v) is 4.70. The maximum atomic E-state index is 11.8. The van der Waals surface area contributed by atoms with Gasteiger partial charge in [0.1, 0.15) is 0 Å². The Morgan fingerprint density at radius 2 is 2.06 bits per heavy atom. The first-order chi connectivity index (χ1) is 7.25. The molecule has 0 aliphatic rings. The van der Waals surface area contributed by atoms with Crippen LogP contribution in [0.1, 0.15) is 25.2 Å². The van der Waals surface area contributed by atoms with E-state index in [0.717, 1.165) is 11.4 Å². The lowest BCUT2D eigenvalue weighted by atomic mass is 10.4. The van der Waals surface area contributed by atoms with E-state index in [-0.39, 0.29) is 0 Å². The molecule has 0 aliphatic carbocycles. The summed E-state index contributed by atoms with van der Waals surface area (Å²) in [4.78, 5) is 0. The van der Waals surface area contributed by atoms with Gasteiger partial charge in [-0.05, 0) is 26.8 Å². The molecule has 1 heterocycles. The van der Waals surface area contributed by atoms with Crippen molar-refractivity contribution < 1.29 is 8.42 Å². The number of hydrogen-bond donors (Lipinski definition) is 0. The Labute approximate surface area is 97.1 Å². The van der Waals surface area contributed by atoms with Gasteiger partial charge < -0.3 is 0 Å². The maximum Gasteiger partial charge on any atom is 0.216 e. The SMILES string of the molecule is Cc1cc(CN(C)S(=O)(=O)C(C)C)n(C)n1. The van der Waals surface area contributed by atoms with Crippen LogP contribution >= 0.6 is 0 Å². The summed E-state index contributed by atoms with van der Waals surface area (Å²) in [5.74, 6) is 0. The van der Waals surface area contributed by atoms with Gasteiger partial charge in [-0.1, -0.05) is 0 Å². The first kappa shape index (κ1) is 13.2. The summed E-state index contributed by atoms with van der Waals surface area (Å²) >= 11 is 0. The molecule has 0 spiro atoms. The molecule has 1 aromatic rings. The van der Waals surface area contributed by atoms with E-state index in [1.807, 2.05) is 20.0 Å². The third kappa shape index (κ3) is 2.62. The molecule has 5 nitrogen and oxygen atoms in total. The van der Waals surface area contributed by atoms with Crippen molar-refractivity contribution in [3.63, 3.8) is 0 Å². The molecule has 92 valence electrons. The second kappa shape index (κ2) is 4.55. The van der Waals surface area contributed by atoms with Crippen molar-refractivity contribution in [3.05, 3.63) is 17.5 Å². The summed E-state index contributed by atoms with van der Waals surface area (Å²) in [7, 11) is 0.222. The number of rotatable bonds is 4. The quantitative estimate of drug-likeness (QED) is 0.792. The minimum Gasteiger partial charge on any atom is -0.271 e. The molecule has 0 saturated carbocycles. The van der Waals surface area contributed by atoms with Crippen LogP contribution in [0.15, 0.2) is 6.07 Å². The van der Waals surface area contributed by atoms with Crippen molar-refractivity contribution in [2.24, 2.45) is 7.05 Å². The van der Waals surface area contributed by atoms with E-state index in [2.05, 4.69) is 5.10 Å². The Hall–Kier alpha value is -0.880. The molecule has 0 aromatic carbocycles. The first-order valence-corrected chi connectivity index (χ1v) is 6.70. The summed E-state index contributed by atoms with van der Waals surface area (Å²) in [6.45, 7) is 5.61. The molecule has 0 unspecified atom stereocenters. The predicted molar refractivity (Wildman–Crippen MR) is 63.5 cm³/mol. The van der Waals surface area contributed by atoms with Gasteiger partial charge in [0.25, 0.3) is 0 Å². The van der Waals surface area contributed by atoms with Crippen LogP contribution in [0.2, 0.25) is 0 Å². The number of aromatic nitrogens is 2. The van der Waals surface area contributed by atoms with Crippen LogP contribution in [-0.4, -0.2) is 34.8 Å². The molecule has 0 fully saturated rings. The Balaban J connectivity index is 2.87. The van der Waals surface area contributed by atoms with Gasteiger partial charge in [-0.3, -0.25) is 4.68 Å². The Morgan fingerprint density at radius 1 is 1.50 bits per heavy atom. The zero-order valence-corrected chi connectivity index (χ0v) is 11.2. The van der Waals surface area contributed by atoms with E-state index >= 15 is 0 Å². The number of aryl methyl sites for hydroxylation is 2. The van der Waals surface area contributed by atoms with Crippen LogP contribution in [0, 0.1) is 6.92 Å². The summed E-state index contributed by atoms with van der Waals surface area (Å²) in [5, 5.41) is 3.79. The second-order valence-corrected chi connectivity index (χ2v) is 6.85. The minimum atomic E-state index is -3.19. The lowest BCUT2D eigenvalue weighted by Crippen LogP contribution is -2.33. The zero-order chi connectivity index (χ0) is 12.5. The average molecular weight is 245 g/mol. The largest absolute Gasteiger partial charge is 0.271 e. The molecule has 16 heavy (non-hydrogen) atoms. The van der Waals surface area contributed by atoms with Gasteiger partial charge in [-0.15, -0.1) is 0 Å². The van der Waals surface area contributed by atoms with E-state index in [9.17, 15) is 8.42 Å². The van der Waals surface area contributed by atoms with Gasteiger partial charge >= 0.3 is 0 Å². The van der Waals surface area contributed by atoms with Crippen molar-refractivity contribution in [1.82, 2.24) is 14.1 Å². The molecule has 0 radical (unpaired) electrons. The number of sulfonamides is 1. The fourth-order valence-electron chi connectivity index (χ4n) is 1.49. The van der Waals surface area contributed by atoms with E-state index in [1.54, 1.807) is 25.6 Å². The van der Waals surface area contributed by atoms with Gasteiger partial charge in [0.2, 0.25) is 10.0 Å². The Bertz CT molecular complexity index is 462. The lowest BCUT2D eigenvalue weighted by Gasteiger charge is -2.19. The number of hydrogen-bond acceptors (Lipinski definition) is 3. The molecule has 0 aliphatic heterocycles. The molecule has 0 amide bonds. The predicted octanol–water partition coefficient (Wildman–Crippen LogP) is 0.899. The van der Waals surface area contributed by atoms with Crippen molar-refractivity contribution >= 4 is 10.0 Å². The van der Waals surface area contributed by atoms with Crippen LogP contribution in [-0.2, 0) is 23.6 Å². The van der Waals surface area contributed by atoms with Gasteiger partial charge in [-0.25, -0.2) is 8.42 Å². The molecule has 6 heteroatoms. The lowest BCUT2D eigenvalue weighted by molar-refractivity contribution is 0.446. The van der Waals surface area contributed by atoms with Gasteiger partial charge in [0.15, 0.2) is 0 Å². The second-order valence-electron chi connectivity index (χ2n) is 4.25. The van der Waals surface area contributed by atoms with Crippen LogP contribution in [0.3, 0.4) is 0 Å². The molecule has 0 atom stereocenters. The van der Waals surface area contributed by atoms with Crippen LogP contribution < -0.4 is 0 Å². The highest BCUT2D eigenvalue weighted by Crippen LogP contribution is 2.11. The fourth-order valence-corrected chi connectivity index (χ4v) is 2.52. The topological polar surface area (TPSA) is 55.2 Å². The summed E-state index contributed by atoms with van der Waals surface area (Å²) < 4.78 is 26.8. The summed E-state index contributed by atoms with van der Waals surface area (Å²) in [6.07, 6.45) is 0. The van der Waals surface area contributed by atoms with Gasteiger partial charge in [0, 0.05) is 14.1 Å². The minimum absolute atomic E-state index is 0.359. The van der Waals surface area contributed by atoms with Crippen LogP contribution in [0.25, 0.3) is 0 Å². The van der Waals surface area contributed by atoms with E-state index in [1.165, 1.54) is 4.31 Å². The third-order valence-electron chi connectivity index (χ3n) is 2.51.